The number of aliphatic carboxylic acids is 1. The van der Waals surface area contributed by atoms with Gasteiger partial charge in [-0.2, -0.15) is 5.10 Å². The van der Waals surface area contributed by atoms with Gasteiger partial charge in [0.05, 0.1) is 17.2 Å². The van der Waals surface area contributed by atoms with Crippen LogP contribution in [0.15, 0.2) is 59.4 Å². The minimum absolute atomic E-state index is 0.247. The summed E-state index contributed by atoms with van der Waals surface area (Å²) < 4.78 is 0. The zero-order chi connectivity index (χ0) is 31.3. The van der Waals surface area contributed by atoms with Gasteiger partial charge in [-0.3, -0.25) is 19.2 Å². The Morgan fingerprint density at radius 3 is 2.33 bits per heavy atom. The van der Waals surface area contributed by atoms with Crippen molar-refractivity contribution < 1.29 is 19.5 Å². The molecule has 0 bridgehead atoms. The van der Waals surface area contributed by atoms with Gasteiger partial charge in [0.1, 0.15) is 6.04 Å². The first-order valence-electron chi connectivity index (χ1n) is 15.1. The van der Waals surface area contributed by atoms with E-state index in [0.29, 0.717) is 55.3 Å². The van der Waals surface area contributed by atoms with Crippen LogP contribution in [0.2, 0.25) is 0 Å². The van der Waals surface area contributed by atoms with Crippen LogP contribution in [0.4, 0.5) is 0 Å². The summed E-state index contributed by atoms with van der Waals surface area (Å²) in [5.41, 5.74) is 3.10. The van der Waals surface area contributed by atoms with Gasteiger partial charge in [-0.1, -0.05) is 57.2 Å². The van der Waals surface area contributed by atoms with Gasteiger partial charge in [0.25, 0.3) is 11.5 Å². The zero-order valence-corrected chi connectivity index (χ0v) is 25.6. The fourth-order valence-electron chi connectivity index (χ4n) is 6.52. The molecule has 0 aliphatic carbocycles. The van der Waals surface area contributed by atoms with Gasteiger partial charge < -0.3 is 15.3 Å². The molecule has 9 nitrogen and oxygen atoms in total. The van der Waals surface area contributed by atoms with Crippen LogP contribution in [0.5, 0.6) is 0 Å². The number of rotatable bonds is 11. The number of hydrogen-bond donors (Lipinski definition) is 3. The molecule has 43 heavy (non-hydrogen) atoms. The summed E-state index contributed by atoms with van der Waals surface area (Å²) in [5.74, 6) is -1.54. The number of carboxylic acid groups (broad SMARTS) is 1. The summed E-state index contributed by atoms with van der Waals surface area (Å²) >= 11 is 0. The summed E-state index contributed by atoms with van der Waals surface area (Å²) in [4.78, 5) is 54.4. The second-order valence-electron chi connectivity index (χ2n) is 11.5. The molecule has 0 saturated carbocycles. The van der Waals surface area contributed by atoms with Gasteiger partial charge in [-0.05, 0) is 80.8 Å². The van der Waals surface area contributed by atoms with Crippen molar-refractivity contribution in [3.8, 4) is 0 Å². The Morgan fingerprint density at radius 1 is 1.02 bits per heavy atom. The number of H-pyrrole nitrogens is 1. The number of nitrogens with zero attached hydrogens (tertiary/aromatic N) is 2. The Bertz CT molecular complexity index is 1530. The number of nitrogens with one attached hydrogen (secondary N) is 2. The number of aryl methyl sites for hydroxylation is 2. The molecular formula is C34H42N4O5. The first-order chi connectivity index (χ1) is 20.6. The number of benzene rings is 2. The van der Waals surface area contributed by atoms with Crippen LogP contribution in [0.25, 0.3) is 0 Å². The summed E-state index contributed by atoms with van der Waals surface area (Å²) in [6.07, 6.45) is 2.78. The first-order valence-corrected chi connectivity index (χ1v) is 15.1. The molecule has 228 valence electrons. The number of aromatic amines is 1. The zero-order valence-electron chi connectivity index (χ0n) is 25.6. The van der Waals surface area contributed by atoms with Crippen LogP contribution < -0.4 is 10.9 Å². The van der Waals surface area contributed by atoms with Crippen LogP contribution in [0.1, 0.15) is 97.2 Å². The summed E-state index contributed by atoms with van der Waals surface area (Å²) in [6, 6.07) is 15.2. The Hall–Kier alpha value is -4.27. The second kappa shape index (κ2) is 13.4. The van der Waals surface area contributed by atoms with Crippen molar-refractivity contribution in [1.29, 1.82) is 0 Å². The average Bonchev–Trinajstić information content (AvgIpc) is 3.45. The molecule has 1 fully saturated rings. The molecule has 0 unspecified atom stereocenters. The van der Waals surface area contributed by atoms with E-state index in [1.807, 2.05) is 71.0 Å². The monoisotopic (exact) mass is 586 g/mol. The van der Waals surface area contributed by atoms with Gasteiger partial charge in [0, 0.05) is 23.6 Å². The van der Waals surface area contributed by atoms with Crippen molar-refractivity contribution in [3.05, 3.63) is 98.5 Å². The first kappa shape index (κ1) is 31.7. The van der Waals surface area contributed by atoms with Crippen molar-refractivity contribution in [2.45, 2.75) is 91.3 Å². The van der Waals surface area contributed by atoms with Crippen molar-refractivity contribution in [2.75, 3.05) is 0 Å². The van der Waals surface area contributed by atoms with E-state index in [0.717, 1.165) is 16.7 Å². The van der Waals surface area contributed by atoms with Gasteiger partial charge in [0.15, 0.2) is 0 Å². The Labute approximate surface area is 252 Å². The highest BCUT2D eigenvalue weighted by Crippen LogP contribution is 2.47. The summed E-state index contributed by atoms with van der Waals surface area (Å²) in [5, 5.41) is 19.7. The highest BCUT2D eigenvalue weighted by atomic mass is 16.4. The summed E-state index contributed by atoms with van der Waals surface area (Å²) in [6.45, 7) is 9.28. The third-order valence-electron chi connectivity index (χ3n) is 9.16. The lowest BCUT2D eigenvalue weighted by atomic mass is 9.74. The van der Waals surface area contributed by atoms with E-state index >= 15 is 0 Å². The SMILES string of the molecule is CC[C@@H](NC(=O)c1ccc(Cc2cc(C)n[nH]c2=O)c(C)c1)C(=O)N1[C@H](c2ccccc2)CC[C@@H]1C(CC)(CC)C(=O)O. The maximum atomic E-state index is 14.3. The molecule has 3 aromatic rings. The van der Waals surface area contributed by atoms with Gasteiger partial charge in [-0.25, -0.2) is 5.10 Å². The van der Waals surface area contributed by atoms with E-state index in [9.17, 15) is 24.3 Å². The van der Waals surface area contributed by atoms with Crippen LogP contribution >= 0.6 is 0 Å². The van der Waals surface area contributed by atoms with Crippen LogP contribution in [0, 0.1) is 19.3 Å². The molecular weight excluding hydrogens is 544 g/mol. The van der Waals surface area contributed by atoms with Crippen LogP contribution in [-0.4, -0.2) is 50.1 Å². The third kappa shape index (κ3) is 6.40. The molecule has 3 N–H and O–H groups in total. The predicted molar refractivity (Wildman–Crippen MR) is 165 cm³/mol. The lowest BCUT2D eigenvalue weighted by Crippen LogP contribution is -2.56. The Morgan fingerprint density at radius 2 is 1.72 bits per heavy atom. The minimum atomic E-state index is -1.08. The minimum Gasteiger partial charge on any atom is -0.481 e. The standard InChI is InChI=1S/C34H42N4O5/c1-6-27(35-30(39)25-15-14-24(21(4)18-25)20-26-19-22(5)36-37-31(26)40)32(41)38-28(23-12-10-9-11-13-23)16-17-29(38)34(7-2,8-3)33(42)43/h9-15,18-19,27-29H,6-8,16-17,20H2,1-5H3,(H,35,39)(H,37,40)(H,42,43)/t27-,28+,29-/m1/s1. The van der Waals surface area contributed by atoms with E-state index in [2.05, 4.69) is 15.5 Å². The van der Waals surface area contributed by atoms with E-state index in [4.69, 9.17) is 0 Å². The highest BCUT2D eigenvalue weighted by Gasteiger charge is 2.52. The van der Waals surface area contributed by atoms with Crippen molar-refractivity contribution in [1.82, 2.24) is 20.4 Å². The third-order valence-corrected chi connectivity index (χ3v) is 9.16. The molecule has 2 aromatic carbocycles. The molecule has 3 atom stereocenters. The molecule has 0 radical (unpaired) electrons. The number of carbonyl (C=O) groups is 3. The number of likely N-dealkylation sites (tertiary alicyclic amines) is 1. The highest BCUT2D eigenvalue weighted by molar-refractivity contribution is 5.98. The molecule has 1 saturated heterocycles. The van der Waals surface area contributed by atoms with E-state index < -0.39 is 23.5 Å². The molecule has 2 heterocycles. The number of hydrogen-bond acceptors (Lipinski definition) is 5. The molecule has 1 aliphatic heterocycles. The number of aromatic nitrogens is 2. The quantitative estimate of drug-likeness (QED) is 0.286. The maximum absolute atomic E-state index is 14.3. The molecule has 0 spiro atoms. The molecule has 2 amide bonds. The fourth-order valence-corrected chi connectivity index (χ4v) is 6.52. The molecule has 9 heteroatoms. The van der Waals surface area contributed by atoms with Gasteiger partial charge in [0.2, 0.25) is 5.91 Å². The average molecular weight is 587 g/mol. The normalized spacial score (nSPS) is 17.5. The molecule has 4 rings (SSSR count). The van der Waals surface area contributed by atoms with Crippen molar-refractivity contribution >= 4 is 17.8 Å². The second-order valence-corrected chi connectivity index (χ2v) is 11.5. The largest absolute Gasteiger partial charge is 0.481 e. The number of carboxylic acids is 1. The maximum Gasteiger partial charge on any atom is 0.311 e. The topological polar surface area (TPSA) is 132 Å². The van der Waals surface area contributed by atoms with Crippen LogP contribution in [0.3, 0.4) is 0 Å². The smallest absolute Gasteiger partial charge is 0.311 e. The Kier molecular flexibility index (Phi) is 9.84. The summed E-state index contributed by atoms with van der Waals surface area (Å²) in [7, 11) is 0. The van der Waals surface area contributed by atoms with E-state index in [1.54, 1.807) is 23.1 Å². The lowest BCUT2D eigenvalue weighted by Gasteiger charge is -2.42. The van der Waals surface area contributed by atoms with Gasteiger partial charge in [-0.15, -0.1) is 0 Å². The molecule has 1 aliphatic rings. The van der Waals surface area contributed by atoms with Crippen LogP contribution in [-0.2, 0) is 16.0 Å². The van der Waals surface area contributed by atoms with Gasteiger partial charge >= 0.3 is 5.97 Å². The fraction of sp³-hybridized carbons (Fsp3) is 0.441. The number of amides is 2. The van der Waals surface area contributed by atoms with Crippen molar-refractivity contribution in [2.24, 2.45) is 5.41 Å². The van der Waals surface area contributed by atoms with E-state index in [-0.39, 0.29) is 23.4 Å². The van der Waals surface area contributed by atoms with Crippen molar-refractivity contribution in [3.63, 3.8) is 0 Å². The van der Waals surface area contributed by atoms with E-state index in [1.165, 1.54) is 0 Å². The lowest BCUT2D eigenvalue weighted by molar-refractivity contribution is -0.157. The Balaban J connectivity index is 1.60. The molecule has 1 aromatic heterocycles. The predicted octanol–water partition coefficient (Wildman–Crippen LogP) is 5.11. The number of carbonyl (C=O) groups excluding carboxylic acids is 2.